The minimum atomic E-state index is -1.08. The second kappa shape index (κ2) is 10.6. The number of ether oxygens (including phenoxy) is 2. The zero-order chi connectivity index (χ0) is 24.9. The molecule has 0 radical (unpaired) electrons. The Bertz CT molecular complexity index is 1370. The summed E-state index contributed by atoms with van der Waals surface area (Å²) < 4.78 is 13.7. The number of aliphatic hydroxyl groups is 1. The molecule has 4 aromatic heterocycles. The zero-order valence-electron chi connectivity index (χ0n) is 20.1. The van der Waals surface area contributed by atoms with Gasteiger partial charge in [0.2, 0.25) is 0 Å². The van der Waals surface area contributed by atoms with Crippen molar-refractivity contribution in [2.45, 2.75) is 26.1 Å². The summed E-state index contributed by atoms with van der Waals surface area (Å²) in [7, 11) is 3.45. The van der Waals surface area contributed by atoms with Gasteiger partial charge in [0.05, 0.1) is 35.9 Å². The molecule has 0 bridgehead atoms. The van der Waals surface area contributed by atoms with Gasteiger partial charge in [-0.2, -0.15) is 5.10 Å². The number of aryl methyl sites for hydroxylation is 2. The van der Waals surface area contributed by atoms with E-state index in [1.165, 1.54) is 4.57 Å². The van der Waals surface area contributed by atoms with E-state index < -0.39 is 12.3 Å². The second-order valence-electron chi connectivity index (χ2n) is 8.22. The van der Waals surface area contributed by atoms with Crippen LogP contribution in [0.25, 0.3) is 22.0 Å². The quantitative estimate of drug-likeness (QED) is 0.178. The van der Waals surface area contributed by atoms with Crippen LogP contribution in [-0.4, -0.2) is 56.0 Å². The molecule has 3 N–H and O–H groups in total. The summed E-state index contributed by atoms with van der Waals surface area (Å²) in [5.74, 6) is 1.05. The molecule has 11 heteroatoms. The number of hydrogen-bond donors (Lipinski definition) is 3. The molecular weight excluding hydrogens is 450 g/mol. The summed E-state index contributed by atoms with van der Waals surface area (Å²) in [5, 5.41) is 15.3. The number of rotatable bonds is 10. The molecule has 2 atom stereocenters. The first-order valence-electron chi connectivity index (χ1n) is 11.2. The van der Waals surface area contributed by atoms with Crippen LogP contribution >= 0.6 is 0 Å². The van der Waals surface area contributed by atoms with Crippen LogP contribution in [0.2, 0.25) is 0 Å². The van der Waals surface area contributed by atoms with Crippen LogP contribution in [0.15, 0.2) is 54.0 Å². The third kappa shape index (κ3) is 5.48. The van der Waals surface area contributed by atoms with E-state index in [9.17, 15) is 9.90 Å². The van der Waals surface area contributed by atoms with Crippen LogP contribution < -0.4 is 21.1 Å². The molecule has 0 spiro atoms. The first-order chi connectivity index (χ1) is 16.9. The number of hydrogen-bond acceptors (Lipinski definition) is 9. The Morgan fingerprint density at radius 2 is 1.97 bits per heavy atom. The lowest BCUT2D eigenvalue weighted by Gasteiger charge is -2.23. The summed E-state index contributed by atoms with van der Waals surface area (Å²) in [5.41, 5.74) is 8.84. The Balaban J connectivity index is 1.46. The van der Waals surface area contributed by atoms with Gasteiger partial charge in [-0.25, -0.2) is 10.4 Å². The van der Waals surface area contributed by atoms with Gasteiger partial charge in [0.15, 0.2) is 0 Å². The van der Waals surface area contributed by atoms with Crippen molar-refractivity contribution in [3.63, 3.8) is 0 Å². The van der Waals surface area contributed by atoms with E-state index in [4.69, 9.17) is 9.47 Å². The number of aliphatic hydroxyl groups excluding tert-OH is 1. The Hall–Kier alpha value is -3.80. The molecule has 4 aromatic rings. The van der Waals surface area contributed by atoms with Gasteiger partial charge in [-0.15, -0.1) is 0 Å². The number of hydrazine groups is 1. The Morgan fingerprint density at radius 3 is 2.69 bits per heavy atom. The first kappa shape index (κ1) is 24.3. The monoisotopic (exact) mass is 479 g/mol. The number of anilines is 1. The summed E-state index contributed by atoms with van der Waals surface area (Å²) >= 11 is 0. The molecule has 0 aromatic carbocycles. The predicted molar refractivity (Wildman–Crippen MR) is 132 cm³/mol. The van der Waals surface area contributed by atoms with Gasteiger partial charge >= 0.3 is 0 Å². The number of fused-ring (bicyclic) bond motifs is 1. The molecule has 11 nitrogen and oxygen atoms in total. The molecule has 4 rings (SSSR count). The predicted octanol–water partition coefficient (Wildman–Crippen LogP) is 2.02. The smallest absolute Gasteiger partial charge is 0.260 e. The standard InChI is InChI=1S/C24H29N7O4/c1-15-9-17(18-12-27-30(3)14-18)11-26-22(15)28-29-23(32)16(2)31-6-5-21-20(24(31)33)10-19(13-25-21)35-8-7-34-4/h5-6,9-14,16,23,29,32H,7-8H2,1-4H3,(H,26,28)/t16-,23?/m1/s1. The topological polar surface area (TPSA) is 128 Å². The Morgan fingerprint density at radius 1 is 1.14 bits per heavy atom. The summed E-state index contributed by atoms with van der Waals surface area (Å²) in [6, 6.07) is 4.78. The summed E-state index contributed by atoms with van der Waals surface area (Å²) in [6.07, 6.45) is 7.53. The molecule has 184 valence electrons. The molecule has 1 unspecified atom stereocenters. The lowest BCUT2D eigenvalue weighted by molar-refractivity contribution is 0.0933. The van der Waals surface area contributed by atoms with E-state index in [0.717, 1.165) is 16.7 Å². The third-order valence-electron chi connectivity index (χ3n) is 5.66. The van der Waals surface area contributed by atoms with Crippen molar-refractivity contribution in [2.24, 2.45) is 7.05 Å². The number of aromatic nitrogens is 5. The highest BCUT2D eigenvalue weighted by atomic mass is 16.5. The van der Waals surface area contributed by atoms with Gasteiger partial charge < -0.3 is 24.6 Å². The number of nitrogens with one attached hydrogen (secondary N) is 2. The second-order valence-corrected chi connectivity index (χ2v) is 8.22. The molecule has 0 fully saturated rings. The van der Waals surface area contributed by atoms with Gasteiger partial charge in [-0.1, -0.05) is 0 Å². The number of pyridine rings is 3. The molecule has 0 aliphatic carbocycles. The average molecular weight is 480 g/mol. The Labute approximate surface area is 202 Å². The van der Waals surface area contributed by atoms with E-state index in [1.54, 1.807) is 55.6 Å². The molecule has 0 aliphatic rings. The highest BCUT2D eigenvalue weighted by molar-refractivity contribution is 5.78. The lowest BCUT2D eigenvalue weighted by atomic mass is 10.1. The molecule has 0 amide bonds. The number of methoxy groups -OCH3 is 1. The largest absolute Gasteiger partial charge is 0.490 e. The third-order valence-corrected chi connectivity index (χ3v) is 5.66. The van der Waals surface area contributed by atoms with Crippen molar-refractivity contribution in [1.29, 1.82) is 0 Å². The molecule has 0 aliphatic heterocycles. The highest BCUT2D eigenvalue weighted by Gasteiger charge is 2.19. The fourth-order valence-electron chi connectivity index (χ4n) is 3.61. The molecule has 0 saturated heterocycles. The van der Waals surface area contributed by atoms with Crippen LogP contribution in [-0.2, 0) is 11.8 Å². The molecular formula is C24H29N7O4. The van der Waals surface area contributed by atoms with E-state index in [2.05, 4.69) is 25.9 Å². The minimum absolute atomic E-state index is 0.282. The SMILES string of the molecule is COCCOc1cnc2ccn([C@H](C)C(O)NNc3ncc(-c4cnn(C)c4)cc3C)c(=O)c2c1. The van der Waals surface area contributed by atoms with Crippen LogP contribution in [0.5, 0.6) is 5.75 Å². The van der Waals surface area contributed by atoms with E-state index in [-0.39, 0.29) is 5.56 Å². The van der Waals surface area contributed by atoms with Gasteiger partial charge in [-0.05, 0) is 37.6 Å². The van der Waals surface area contributed by atoms with Crippen molar-refractivity contribution in [3.05, 3.63) is 65.1 Å². The zero-order valence-corrected chi connectivity index (χ0v) is 20.1. The molecule has 35 heavy (non-hydrogen) atoms. The van der Waals surface area contributed by atoms with E-state index >= 15 is 0 Å². The maximum absolute atomic E-state index is 13.1. The van der Waals surface area contributed by atoms with Gasteiger partial charge in [-0.3, -0.25) is 14.5 Å². The van der Waals surface area contributed by atoms with Crippen LogP contribution in [0, 0.1) is 6.92 Å². The lowest BCUT2D eigenvalue weighted by Crippen LogP contribution is -2.42. The van der Waals surface area contributed by atoms with E-state index in [1.807, 2.05) is 26.2 Å². The maximum atomic E-state index is 13.1. The normalized spacial score (nSPS) is 13.1. The number of nitrogens with zero attached hydrogens (tertiary/aromatic N) is 5. The maximum Gasteiger partial charge on any atom is 0.260 e. The van der Waals surface area contributed by atoms with Gasteiger partial charge in [0, 0.05) is 43.9 Å². The first-order valence-corrected chi connectivity index (χ1v) is 11.2. The van der Waals surface area contributed by atoms with Crippen LogP contribution in [0.1, 0.15) is 18.5 Å². The fourth-order valence-corrected chi connectivity index (χ4v) is 3.61. The average Bonchev–Trinajstić information content (AvgIpc) is 3.29. The van der Waals surface area contributed by atoms with Crippen molar-refractivity contribution in [2.75, 3.05) is 25.7 Å². The van der Waals surface area contributed by atoms with Gasteiger partial charge in [0.1, 0.15) is 24.4 Å². The van der Waals surface area contributed by atoms with Crippen LogP contribution in [0.4, 0.5) is 5.82 Å². The van der Waals surface area contributed by atoms with Crippen molar-refractivity contribution in [1.82, 2.24) is 29.7 Å². The van der Waals surface area contributed by atoms with Crippen molar-refractivity contribution < 1.29 is 14.6 Å². The Kier molecular flexibility index (Phi) is 7.39. The molecule has 4 heterocycles. The highest BCUT2D eigenvalue weighted by Crippen LogP contribution is 2.22. The van der Waals surface area contributed by atoms with Gasteiger partial charge in [0.25, 0.3) is 5.56 Å². The van der Waals surface area contributed by atoms with Crippen LogP contribution in [0.3, 0.4) is 0 Å². The summed E-state index contributed by atoms with van der Waals surface area (Å²) in [4.78, 5) is 21.9. The fraction of sp³-hybridized carbons (Fsp3) is 0.333. The minimum Gasteiger partial charge on any atom is -0.490 e. The van der Waals surface area contributed by atoms with Crippen molar-refractivity contribution in [3.8, 4) is 16.9 Å². The summed E-state index contributed by atoms with van der Waals surface area (Å²) in [6.45, 7) is 4.44. The van der Waals surface area contributed by atoms with Crippen molar-refractivity contribution >= 4 is 16.7 Å². The van der Waals surface area contributed by atoms with E-state index in [0.29, 0.717) is 35.7 Å². The molecule has 0 saturated carbocycles.